The molecule has 2 aliphatic carbocycles. The molecular formula is C26H36F2N4O4. The lowest BCUT2D eigenvalue weighted by atomic mass is 9.84. The van der Waals surface area contributed by atoms with Crippen molar-refractivity contribution in [3.63, 3.8) is 0 Å². The number of hydrogen-bond donors (Lipinski definition) is 2. The van der Waals surface area contributed by atoms with Gasteiger partial charge < -0.3 is 30.7 Å². The van der Waals surface area contributed by atoms with Gasteiger partial charge in [0.2, 0.25) is 5.91 Å². The van der Waals surface area contributed by atoms with Crippen molar-refractivity contribution in [3.05, 3.63) is 29.6 Å². The van der Waals surface area contributed by atoms with Crippen LogP contribution in [0.2, 0.25) is 0 Å². The maximum atomic E-state index is 14.5. The van der Waals surface area contributed by atoms with Crippen LogP contribution < -0.4 is 16.2 Å². The van der Waals surface area contributed by atoms with Crippen molar-refractivity contribution < 1.29 is 27.8 Å². The van der Waals surface area contributed by atoms with E-state index in [4.69, 9.17) is 20.9 Å². The molecule has 2 atom stereocenters. The van der Waals surface area contributed by atoms with Gasteiger partial charge in [0.1, 0.15) is 23.3 Å². The summed E-state index contributed by atoms with van der Waals surface area (Å²) in [4.78, 5) is 27.6. The first-order valence-corrected chi connectivity index (χ1v) is 12.9. The number of likely N-dealkylation sites (tertiary alicyclic amines) is 2. The number of ether oxygens (including phenoxy) is 2. The molecular weight excluding hydrogens is 470 g/mol. The number of hydrogen-bond acceptors (Lipinski definition) is 6. The second-order valence-electron chi connectivity index (χ2n) is 11.4. The van der Waals surface area contributed by atoms with E-state index in [1.165, 1.54) is 17.0 Å². The highest BCUT2D eigenvalue weighted by molar-refractivity contribution is 5.79. The molecule has 4 N–H and O–H groups in total. The maximum absolute atomic E-state index is 14.5. The van der Waals surface area contributed by atoms with Crippen molar-refractivity contribution in [2.75, 3.05) is 32.8 Å². The van der Waals surface area contributed by atoms with Crippen LogP contribution in [0.1, 0.15) is 51.0 Å². The molecule has 0 radical (unpaired) electrons. The number of rotatable bonds is 8. The molecule has 198 valence electrons. The standard InChI is InChI=1S/C26H36F2N4O4/c1-24(6-7-24)36-23(34)31-9-4-18(5-10-31)26(30)16-25(26,29)8-11-35-20-3-2-17(21(28)13-20)12-22(33)32-14-19(27)15-32/h2-3,13,18-19H,4-12,14-16,29-30H2,1H3/t25-,26-/m0/s1. The lowest BCUT2D eigenvalue weighted by Crippen LogP contribution is -2.52. The average Bonchev–Trinajstić information content (AvgIpc) is 3.68. The molecule has 0 aromatic heterocycles. The Bertz CT molecular complexity index is 1020. The fraction of sp³-hybridized carbons (Fsp3) is 0.692. The quantitative estimate of drug-likeness (QED) is 0.561. The van der Waals surface area contributed by atoms with Gasteiger partial charge in [0, 0.05) is 36.7 Å². The largest absolute Gasteiger partial charge is 0.493 e. The summed E-state index contributed by atoms with van der Waals surface area (Å²) in [6.07, 6.45) is 3.33. The van der Waals surface area contributed by atoms with Gasteiger partial charge in [-0.3, -0.25) is 4.79 Å². The Morgan fingerprint density at radius 1 is 1.14 bits per heavy atom. The molecule has 10 heteroatoms. The summed E-state index contributed by atoms with van der Waals surface area (Å²) in [5, 5.41) is 0. The number of carbonyl (C=O) groups excluding carboxylic acids is 2. The highest BCUT2D eigenvalue weighted by atomic mass is 19.1. The van der Waals surface area contributed by atoms with Crippen LogP contribution >= 0.6 is 0 Å². The van der Waals surface area contributed by atoms with Crippen LogP contribution in [0.25, 0.3) is 0 Å². The van der Waals surface area contributed by atoms with E-state index in [1.54, 1.807) is 11.0 Å². The minimum atomic E-state index is -0.980. The average molecular weight is 507 g/mol. The van der Waals surface area contributed by atoms with Crippen molar-refractivity contribution in [1.82, 2.24) is 9.80 Å². The summed E-state index contributed by atoms with van der Waals surface area (Å²) in [5.74, 6) is -0.230. The zero-order valence-electron chi connectivity index (χ0n) is 20.8. The number of benzene rings is 1. The van der Waals surface area contributed by atoms with E-state index in [-0.39, 0.29) is 48.6 Å². The number of carbonyl (C=O) groups is 2. The summed E-state index contributed by atoms with van der Waals surface area (Å²) < 4.78 is 38.7. The number of nitrogens with zero attached hydrogens (tertiary/aromatic N) is 2. The lowest BCUT2D eigenvalue weighted by Gasteiger charge is -2.36. The van der Waals surface area contributed by atoms with Gasteiger partial charge in [-0.25, -0.2) is 13.6 Å². The van der Waals surface area contributed by atoms with Gasteiger partial charge in [-0.05, 0) is 56.6 Å². The van der Waals surface area contributed by atoms with Crippen molar-refractivity contribution in [3.8, 4) is 5.75 Å². The van der Waals surface area contributed by atoms with Gasteiger partial charge >= 0.3 is 6.09 Å². The fourth-order valence-electron chi connectivity index (χ4n) is 5.50. The maximum Gasteiger partial charge on any atom is 0.410 e. The Labute approximate surface area is 210 Å². The Kier molecular flexibility index (Phi) is 6.39. The van der Waals surface area contributed by atoms with E-state index in [1.807, 2.05) is 6.92 Å². The van der Waals surface area contributed by atoms with Gasteiger partial charge in [0.15, 0.2) is 0 Å². The van der Waals surface area contributed by atoms with Crippen LogP contribution in [-0.2, 0) is 16.0 Å². The van der Waals surface area contributed by atoms with E-state index in [0.29, 0.717) is 38.3 Å². The Balaban J connectivity index is 1.06. The van der Waals surface area contributed by atoms with Gasteiger partial charge in [0.25, 0.3) is 0 Å². The van der Waals surface area contributed by atoms with E-state index < -0.39 is 23.1 Å². The molecule has 2 saturated carbocycles. The van der Waals surface area contributed by atoms with Crippen LogP contribution in [0.5, 0.6) is 5.75 Å². The number of nitrogens with two attached hydrogens (primary N) is 2. The molecule has 8 nitrogen and oxygen atoms in total. The van der Waals surface area contributed by atoms with Gasteiger partial charge in [-0.2, -0.15) is 0 Å². The Morgan fingerprint density at radius 3 is 2.44 bits per heavy atom. The zero-order valence-corrected chi connectivity index (χ0v) is 20.8. The first-order chi connectivity index (χ1) is 17.0. The summed E-state index contributed by atoms with van der Waals surface area (Å²) >= 11 is 0. The third-order valence-electron chi connectivity index (χ3n) is 8.55. The topological polar surface area (TPSA) is 111 Å². The highest BCUT2D eigenvalue weighted by Gasteiger charge is 2.66. The molecule has 4 aliphatic rings. The second kappa shape index (κ2) is 9.13. The normalized spacial score (nSPS) is 29.5. The minimum absolute atomic E-state index is 0.0796. The van der Waals surface area contributed by atoms with Crippen LogP contribution in [-0.4, -0.2) is 77.4 Å². The number of alkyl halides is 1. The summed E-state index contributed by atoms with van der Waals surface area (Å²) in [6.45, 7) is 3.65. The zero-order chi connectivity index (χ0) is 25.7. The number of piperidine rings is 1. The minimum Gasteiger partial charge on any atom is -0.493 e. The third kappa shape index (κ3) is 5.02. The van der Waals surface area contributed by atoms with E-state index in [2.05, 4.69) is 0 Å². The predicted octanol–water partition coefficient (Wildman–Crippen LogP) is 2.52. The highest BCUT2D eigenvalue weighted by Crippen LogP contribution is 2.53. The Morgan fingerprint density at radius 2 is 1.83 bits per heavy atom. The lowest BCUT2D eigenvalue weighted by molar-refractivity contribution is -0.137. The molecule has 0 bridgehead atoms. The fourth-order valence-corrected chi connectivity index (χ4v) is 5.50. The van der Waals surface area contributed by atoms with E-state index >= 15 is 0 Å². The van der Waals surface area contributed by atoms with Crippen molar-refractivity contribution in [2.24, 2.45) is 17.4 Å². The molecule has 2 heterocycles. The molecule has 0 spiro atoms. The molecule has 1 aromatic carbocycles. The van der Waals surface area contributed by atoms with Crippen LogP contribution in [0.15, 0.2) is 18.2 Å². The predicted molar refractivity (Wildman–Crippen MR) is 129 cm³/mol. The van der Waals surface area contributed by atoms with Crippen LogP contribution in [0, 0.1) is 11.7 Å². The molecule has 0 unspecified atom stereocenters. The smallest absolute Gasteiger partial charge is 0.410 e. The molecule has 36 heavy (non-hydrogen) atoms. The molecule has 4 fully saturated rings. The van der Waals surface area contributed by atoms with E-state index in [0.717, 1.165) is 25.7 Å². The monoisotopic (exact) mass is 506 g/mol. The summed E-state index contributed by atoms with van der Waals surface area (Å²) in [6, 6.07) is 4.42. The Hall–Kier alpha value is -2.46. The van der Waals surface area contributed by atoms with Gasteiger partial charge in [0.05, 0.1) is 26.1 Å². The SMILES string of the molecule is CC1(OC(=O)N2CCC([C@@]3(N)C[C@@]3(N)CCOc3ccc(CC(=O)N4CC(F)C4)c(F)c3)CC2)CC1. The molecule has 5 rings (SSSR count). The van der Waals surface area contributed by atoms with Gasteiger partial charge in [-0.15, -0.1) is 0 Å². The molecule has 2 saturated heterocycles. The second-order valence-corrected chi connectivity index (χ2v) is 11.4. The van der Waals surface area contributed by atoms with Crippen molar-refractivity contribution in [2.45, 2.75) is 74.7 Å². The van der Waals surface area contributed by atoms with Crippen LogP contribution in [0.4, 0.5) is 13.6 Å². The van der Waals surface area contributed by atoms with Crippen molar-refractivity contribution in [1.29, 1.82) is 0 Å². The van der Waals surface area contributed by atoms with E-state index in [9.17, 15) is 18.4 Å². The summed E-state index contributed by atoms with van der Waals surface area (Å²) in [7, 11) is 0. The third-order valence-corrected chi connectivity index (χ3v) is 8.55. The number of amides is 2. The summed E-state index contributed by atoms with van der Waals surface area (Å²) in [5.41, 5.74) is 12.3. The molecule has 2 amide bonds. The molecule has 1 aromatic rings. The van der Waals surface area contributed by atoms with Crippen molar-refractivity contribution >= 4 is 12.0 Å². The van der Waals surface area contributed by atoms with Gasteiger partial charge in [-0.1, -0.05) is 6.07 Å². The first-order valence-electron chi connectivity index (χ1n) is 12.9. The first kappa shape index (κ1) is 25.2. The number of halogens is 2. The molecule has 2 aliphatic heterocycles. The van der Waals surface area contributed by atoms with Crippen LogP contribution in [0.3, 0.4) is 0 Å².